The summed E-state index contributed by atoms with van der Waals surface area (Å²) < 4.78 is 4.99. The first-order valence-corrected chi connectivity index (χ1v) is 8.18. The summed E-state index contributed by atoms with van der Waals surface area (Å²) in [4.78, 5) is 23.3. The van der Waals surface area contributed by atoms with Crippen molar-refractivity contribution in [3.8, 4) is 0 Å². The summed E-state index contributed by atoms with van der Waals surface area (Å²) in [6.07, 6.45) is 3.15. The first kappa shape index (κ1) is 16.8. The summed E-state index contributed by atoms with van der Waals surface area (Å²) in [5, 5.41) is 14.2. The summed E-state index contributed by atoms with van der Waals surface area (Å²) in [7, 11) is 0. The Morgan fingerprint density at radius 1 is 1.04 bits per heavy atom. The SMILES string of the molecule is O=C(N[C@@H](CCCc1ccc2ccccc2c1)C(=O)O)c1ccco1. The second-order valence-corrected chi connectivity index (χ2v) is 5.92. The van der Waals surface area contributed by atoms with E-state index in [9.17, 15) is 14.7 Å². The number of hydrogen-bond donors (Lipinski definition) is 2. The van der Waals surface area contributed by atoms with E-state index in [1.54, 1.807) is 6.07 Å². The molecule has 5 heteroatoms. The molecule has 128 valence electrons. The molecule has 1 heterocycles. The van der Waals surface area contributed by atoms with Gasteiger partial charge in [-0.1, -0.05) is 42.5 Å². The molecular formula is C20H19NO4. The van der Waals surface area contributed by atoms with Crippen molar-refractivity contribution in [1.82, 2.24) is 5.32 Å². The van der Waals surface area contributed by atoms with Gasteiger partial charge in [0.2, 0.25) is 0 Å². The lowest BCUT2D eigenvalue weighted by atomic mass is 10.0. The number of aliphatic carboxylic acids is 1. The highest BCUT2D eigenvalue weighted by atomic mass is 16.4. The molecule has 3 aromatic rings. The molecular weight excluding hydrogens is 318 g/mol. The Bertz CT molecular complexity index is 870. The Balaban J connectivity index is 1.57. The van der Waals surface area contributed by atoms with Crippen molar-refractivity contribution >= 4 is 22.6 Å². The van der Waals surface area contributed by atoms with E-state index >= 15 is 0 Å². The van der Waals surface area contributed by atoms with Gasteiger partial charge in [-0.05, 0) is 47.7 Å². The lowest BCUT2D eigenvalue weighted by Crippen LogP contribution is -2.40. The Hall–Kier alpha value is -3.08. The topological polar surface area (TPSA) is 79.5 Å². The van der Waals surface area contributed by atoms with Gasteiger partial charge in [0.05, 0.1) is 6.26 Å². The van der Waals surface area contributed by atoms with Gasteiger partial charge in [0.1, 0.15) is 6.04 Å². The minimum Gasteiger partial charge on any atom is -0.480 e. The first-order chi connectivity index (χ1) is 12.1. The van der Waals surface area contributed by atoms with E-state index < -0.39 is 17.9 Å². The number of aryl methyl sites for hydroxylation is 1. The maximum absolute atomic E-state index is 11.9. The van der Waals surface area contributed by atoms with Crippen molar-refractivity contribution < 1.29 is 19.1 Å². The van der Waals surface area contributed by atoms with Crippen molar-refractivity contribution in [2.45, 2.75) is 25.3 Å². The predicted octanol–water partition coefficient (Wildman–Crippen LogP) is 3.64. The molecule has 0 radical (unpaired) electrons. The molecule has 1 amide bonds. The average molecular weight is 337 g/mol. The van der Waals surface area contributed by atoms with E-state index in [2.05, 4.69) is 35.6 Å². The molecule has 0 saturated heterocycles. The molecule has 0 bridgehead atoms. The summed E-state index contributed by atoms with van der Waals surface area (Å²) >= 11 is 0. The van der Waals surface area contributed by atoms with Crippen LogP contribution in [0.3, 0.4) is 0 Å². The summed E-state index contributed by atoms with van der Waals surface area (Å²) in [5.74, 6) is -1.44. The quantitative estimate of drug-likeness (QED) is 0.690. The highest BCUT2D eigenvalue weighted by Crippen LogP contribution is 2.17. The third-order valence-electron chi connectivity index (χ3n) is 4.12. The van der Waals surface area contributed by atoms with E-state index in [1.807, 2.05) is 12.1 Å². The number of furan rings is 1. The van der Waals surface area contributed by atoms with Gasteiger partial charge >= 0.3 is 5.97 Å². The molecule has 2 N–H and O–H groups in total. The van der Waals surface area contributed by atoms with E-state index in [4.69, 9.17) is 4.42 Å². The van der Waals surface area contributed by atoms with Crippen molar-refractivity contribution in [3.63, 3.8) is 0 Å². The number of nitrogens with one attached hydrogen (secondary N) is 1. The van der Waals surface area contributed by atoms with Gasteiger partial charge in [0.25, 0.3) is 5.91 Å². The van der Waals surface area contributed by atoms with Crippen LogP contribution < -0.4 is 5.32 Å². The van der Waals surface area contributed by atoms with Gasteiger partial charge in [0, 0.05) is 0 Å². The highest BCUT2D eigenvalue weighted by Gasteiger charge is 2.21. The van der Waals surface area contributed by atoms with Gasteiger partial charge in [0.15, 0.2) is 5.76 Å². The number of carbonyl (C=O) groups excluding carboxylic acids is 1. The molecule has 1 atom stereocenters. The number of carboxylic acids is 1. The summed E-state index contributed by atoms with van der Waals surface area (Å²) in [5.41, 5.74) is 1.15. The standard InChI is InChI=1S/C20H19NO4/c22-19(18-9-4-12-25-18)21-17(20(23)24)8-3-5-14-10-11-15-6-1-2-7-16(15)13-14/h1-2,4,6-7,9-13,17H,3,5,8H2,(H,21,22)(H,23,24)/t17-/m0/s1. The molecule has 0 fully saturated rings. The molecule has 0 spiro atoms. The molecule has 25 heavy (non-hydrogen) atoms. The van der Waals surface area contributed by atoms with Crippen molar-refractivity contribution in [1.29, 1.82) is 0 Å². The van der Waals surface area contributed by atoms with Crippen LogP contribution in [0.15, 0.2) is 65.3 Å². The van der Waals surface area contributed by atoms with Crippen LogP contribution in [0, 0.1) is 0 Å². The van der Waals surface area contributed by atoms with Crippen LogP contribution in [0.1, 0.15) is 29.0 Å². The Morgan fingerprint density at radius 2 is 1.84 bits per heavy atom. The normalized spacial score (nSPS) is 12.0. The molecule has 3 rings (SSSR count). The van der Waals surface area contributed by atoms with Gasteiger partial charge < -0.3 is 14.8 Å². The van der Waals surface area contributed by atoms with Crippen molar-refractivity contribution in [3.05, 3.63) is 72.2 Å². The van der Waals surface area contributed by atoms with Crippen molar-refractivity contribution in [2.75, 3.05) is 0 Å². The number of carboxylic acid groups (broad SMARTS) is 1. The minimum atomic E-state index is -1.04. The third-order valence-corrected chi connectivity index (χ3v) is 4.12. The predicted molar refractivity (Wildman–Crippen MR) is 94.5 cm³/mol. The Kier molecular flexibility index (Phi) is 5.14. The zero-order valence-electron chi connectivity index (χ0n) is 13.6. The minimum absolute atomic E-state index is 0.112. The fraction of sp³-hybridized carbons (Fsp3) is 0.200. The molecule has 0 unspecified atom stereocenters. The van der Waals surface area contributed by atoms with Crippen LogP contribution in [0.4, 0.5) is 0 Å². The van der Waals surface area contributed by atoms with Crippen molar-refractivity contribution in [2.24, 2.45) is 0 Å². The molecule has 0 aliphatic rings. The highest BCUT2D eigenvalue weighted by molar-refractivity contribution is 5.94. The number of fused-ring (bicyclic) bond motifs is 1. The number of amides is 1. The molecule has 2 aromatic carbocycles. The molecule has 0 saturated carbocycles. The number of rotatable bonds is 7. The molecule has 5 nitrogen and oxygen atoms in total. The van der Waals surface area contributed by atoms with Crippen LogP contribution in [0.2, 0.25) is 0 Å². The fourth-order valence-electron chi connectivity index (χ4n) is 2.80. The molecule has 1 aromatic heterocycles. The maximum Gasteiger partial charge on any atom is 0.326 e. The molecule has 0 aliphatic heterocycles. The van der Waals surface area contributed by atoms with E-state index in [0.717, 1.165) is 12.0 Å². The van der Waals surface area contributed by atoms with E-state index in [0.29, 0.717) is 12.8 Å². The van der Waals surface area contributed by atoms with Gasteiger partial charge in [-0.25, -0.2) is 4.79 Å². The second kappa shape index (κ2) is 7.66. The number of benzene rings is 2. The van der Waals surface area contributed by atoms with Crippen LogP contribution in [-0.4, -0.2) is 23.0 Å². The maximum atomic E-state index is 11.9. The van der Waals surface area contributed by atoms with E-state index in [-0.39, 0.29) is 5.76 Å². The zero-order valence-corrected chi connectivity index (χ0v) is 13.6. The van der Waals surface area contributed by atoms with Crippen LogP contribution in [0.25, 0.3) is 10.8 Å². The van der Waals surface area contributed by atoms with Gasteiger partial charge in [-0.15, -0.1) is 0 Å². The smallest absolute Gasteiger partial charge is 0.326 e. The summed E-state index contributed by atoms with van der Waals surface area (Å²) in [6.45, 7) is 0. The second-order valence-electron chi connectivity index (χ2n) is 5.92. The lowest BCUT2D eigenvalue weighted by Gasteiger charge is -2.13. The average Bonchev–Trinajstić information content (AvgIpc) is 3.15. The lowest BCUT2D eigenvalue weighted by molar-refractivity contribution is -0.139. The Morgan fingerprint density at radius 3 is 2.56 bits per heavy atom. The van der Waals surface area contributed by atoms with Crippen LogP contribution >= 0.6 is 0 Å². The van der Waals surface area contributed by atoms with Crippen LogP contribution in [0.5, 0.6) is 0 Å². The molecule has 0 aliphatic carbocycles. The van der Waals surface area contributed by atoms with Gasteiger partial charge in [-0.2, -0.15) is 0 Å². The zero-order chi connectivity index (χ0) is 17.6. The Labute approximate surface area is 145 Å². The van der Waals surface area contributed by atoms with Crippen LogP contribution in [-0.2, 0) is 11.2 Å². The number of carbonyl (C=O) groups is 2. The number of hydrogen-bond acceptors (Lipinski definition) is 3. The summed E-state index contributed by atoms with van der Waals surface area (Å²) in [6, 6.07) is 16.5. The monoisotopic (exact) mass is 337 g/mol. The van der Waals surface area contributed by atoms with Gasteiger partial charge in [-0.3, -0.25) is 4.79 Å². The first-order valence-electron chi connectivity index (χ1n) is 8.18. The third kappa shape index (κ3) is 4.26. The largest absolute Gasteiger partial charge is 0.480 e. The van der Waals surface area contributed by atoms with E-state index in [1.165, 1.54) is 23.1 Å². The fourth-order valence-corrected chi connectivity index (χ4v) is 2.80.